The fourth-order valence-corrected chi connectivity index (χ4v) is 4.89. The molecule has 1 aliphatic heterocycles. The van der Waals surface area contributed by atoms with Gasteiger partial charge in [-0.25, -0.2) is 0 Å². The first-order valence-electron chi connectivity index (χ1n) is 9.32. The summed E-state index contributed by atoms with van der Waals surface area (Å²) in [5, 5.41) is 0.880. The molecule has 2 aromatic rings. The molecule has 7 heteroatoms. The topological polar surface area (TPSA) is 50.5 Å². The number of halogens is 2. The molecule has 0 unspecified atom stereocenters. The molecular formula is C21H19Cl2NO3S. The highest BCUT2D eigenvalue weighted by molar-refractivity contribution is 8.18. The van der Waals surface area contributed by atoms with Crippen LogP contribution in [0.15, 0.2) is 39.7 Å². The number of carbonyl (C=O) groups excluding carboxylic acids is 2. The Morgan fingerprint density at radius 3 is 2.68 bits per heavy atom. The molecule has 1 saturated heterocycles. The normalized spacial score (nSPS) is 19.8. The molecule has 1 aliphatic carbocycles. The second-order valence-corrected chi connectivity index (χ2v) is 8.96. The van der Waals surface area contributed by atoms with Crippen molar-refractivity contribution in [2.24, 2.45) is 5.92 Å². The highest BCUT2D eigenvalue weighted by Crippen LogP contribution is 2.36. The summed E-state index contributed by atoms with van der Waals surface area (Å²) in [5.74, 6) is 1.23. The van der Waals surface area contributed by atoms with E-state index in [9.17, 15) is 9.59 Å². The standard InChI is InChI=1S/C21H19Cl2NO3S/c22-14-6-8-17(23)16(10-14)18-9-7-15(27-18)11-19-20(25)24(21(26)28-19)12-13-4-2-1-3-5-13/h6-11,13H,1-5,12H2/b19-11+. The number of thioether (sulfide) groups is 1. The summed E-state index contributed by atoms with van der Waals surface area (Å²) in [6.07, 6.45) is 7.39. The molecule has 1 aromatic carbocycles. The molecule has 2 amide bonds. The Morgan fingerprint density at radius 1 is 1.11 bits per heavy atom. The number of amides is 2. The quantitative estimate of drug-likeness (QED) is 0.491. The van der Waals surface area contributed by atoms with Crippen LogP contribution in [-0.4, -0.2) is 22.6 Å². The van der Waals surface area contributed by atoms with Crippen molar-refractivity contribution in [1.29, 1.82) is 0 Å². The summed E-state index contributed by atoms with van der Waals surface area (Å²) >= 11 is 13.2. The van der Waals surface area contributed by atoms with Gasteiger partial charge in [0.1, 0.15) is 11.5 Å². The molecule has 2 fully saturated rings. The first-order chi connectivity index (χ1) is 13.5. The zero-order valence-electron chi connectivity index (χ0n) is 15.1. The Bertz CT molecular complexity index is 947. The molecule has 146 valence electrons. The van der Waals surface area contributed by atoms with Crippen molar-refractivity contribution in [3.63, 3.8) is 0 Å². The summed E-state index contributed by atoms with van der Waals surface area (Å²) in [5.41, 5.74) is 0.680. The van der Waals surface area contributed by atoms with Crippen molar-refractivity contribution in [2.75, 3.05) is 6.54 Å². The van der Waals surface area contributed by atoms with Crippen LogP contribution in [0.1, 0.15) is 37.9 Å². The van der Waals surface area contributed by atoms with Gasteiger partial charge < -0.3 is 4.42 Å². The van der Waals surface area contributed by atoms with Crippen molar-refractivity contribution in [2.45, 2.75) is 32.1 Å². The SMILES string of the molecule is O=C1S/C(=C/c2ccc(-c3cc(Cl)ccc3Cl)o2)C(=O)N1CC1CCCCC1. The Labute approximate surface area is 177 Å². The number of imide groups is 1. The van der Waals surface area contributed by atoms with Crippen LogP contribution >= 0.6 is 35.0 Å². The van der Waals surface area contributed by atoms with Gasteiger partial charge in [-0.15, -0.1) is 0 Å². The number of benzene rings is 1. The number of hydrogen-bond acceptors (Lipinski definition) is 4. The number of nitrogens with zero attached hydrogens (tertiary/aromatic N) is 1. The van der Waals surface area contributed by atoms with Gasteiger partial charge >= 0.3 is 0 Å². The third kappa shape index (κ3) is 4.17. The maximum Gasteiger partial charge on any atom is 0.293 e. The molecule has 28 heavy (non-hydrogen) atoms. The molecule has 4 rings (SSSR count). The molecule has 4 nitrogen and oxygen atoms in total. The van der Waals surface area contributed by atoms with E-state index in [0.717, 1.165) is 24.6 Å². The predicted molar refractivity (Wildman–Crippen MR) is 113 cm³/mol. The van der Waals surface area contributed by atoms with Gasteiger partial charge in [0, 0.05) is 23.2 Å². The van der Waals surface area contributed by atoms with Crippen molar-refractivity contribution < 1.29 is 14.0 Å². The molecule has 0 spiro atoms. The van der Waals surface area contributed by atoms with Gasteiger partial charge in [0.2, 0.25) is 0 Å². The summed E-state index contributed by atoms with van der Waals surface area (Å²) < 4.78 is 5.82. The highest BCUT2D eigenvalue weighted by atomic mass is 35.5. The summed E-state index contributed by atoms with van der Waals surface area (Å²) in [7, 11) is 0. The van der Waals surface area contributed by atoms with Crippen molar-refractivity contribution in [3.8, 4) is 11.3 Å². The van der Waals surface area contributed by atoms with Gasteiger partial charge in [0.15, 0.2) is 0 Å². The van der Waals surface area contributed by atoms with Gasteiger partial charge in [-0.2, -0.15) is 0 Å². The van der Waals surface area contributed by atoms with Crippen LogP contribution in [0.2, 0.25) is 10.0 Å². The molecule has 0 radical (unpaired) electrons. The molecular weight excluding hydrogens is 417 g/mol. The minimum atomic E-state index is -0.237. The Morgan fingerprint density at radius 2 is 1.89 bits per heavy atom. The Balaban J connectivity index is 1.51. The number of rotatable bonds is 4. The molecule has 0 atom stereocenters. The highest BCUT2D eigenvalue weighted by Gasteiger charge is 2.36. The molecule has 0 bridgehead atoms. The Kier molecular flexibility index (Phi) is 5.85. The second kappa shape index (κ2) is 8.36. The first kappa shape index (κ1) is 19.6. The van der Waals surface area contributed by atoms with E-state index in [4.69, 9.17) is 27.6 Å². The van der Waals surface area contributed by atoms with Crippen molar-refractivity contribution in [1.82, 2.24) is 4.90 Å². The first-order valence-corrected chi connectivity index (χ1v) is 10.9. The van der Waals surface area contributed by atoms with E-state index in [0.29, 0.717) is 44.5 Å². The molecule has 2 aliphatic rings. The van der Waals surface area contributed by atoms with E-state index in [-0.39, 0.29) is 11.1 Å². The molecule has 0 N–H and O–H groups in total. The lowest BCUT2D eigenvalue weighted by atomic mass is 9.89. The zero-order valence-corrected chi connectivity index (χ0v) is 17.4. The van der Waals surface area contributed by atoms with Crippen LogP contribution < -0.4 is 0 Å². The third-order valence-electron chi connectivity index (χ3n) is 5.13. The lowest BCUT2D eigenvalue weighted by Crippen LogP contribution is -2.34. The summed E-state index contributed by atoms with van der Waals surface area (Å²) in [6, 6.07) is 8.67. The second-order valence-electron chi connectivity index (χ2n) is 7.12. The van der Waals surface area contributed by atoms with Gasteiger partial charge in [-0.1, -0.05) is 42.5 Å². The van der Waals surface area contributed by atoms with Crippen LogP contribution in [0.3, 0.4) is 0 Å². The maximum absolute atomic E-state index is 12.7. The minimum absolute atomic E-state index is 0.202. The van der Waals surface area contributed by atoms with E-state index in [1.54, 1.807) is 36.4 Å². The number of hydrogen-bond donors (Lipinski definition) is 0. The van der Waals surface area contributed by atoms with E-state index >= 15 is 0 Å². The number of carbonyl (C=O) groups is 2. The number of furan rings is 1. The zero-order chi connectivity index (χ0) is 19.7. The third-order valence-corrected chi connectivity index (χ3v) is 6.61. The van der Waals surface area contributed by atoms with Gasteiger partial charge in [-0.3, -0.25) is 14.5 Å². The average Bonchev–Trinajstić information content (AvgIpc) is 3.25. The predicted octanol–water partition coefficient (Wildman–Crippen LogP) is 6.87. The Hall–Kier alpha value is -1.69. The fourth-order valence-electron chi connectivity index (χ4n) is 3.68. The van der Waals surface area contributed by atoms with E-state index < -0.39 is 0 Å². The van der Waals surface area contributed by atoms with Gasteiger partial charge in [-0.05, 0) is 60.9 Å². The molecule has 1 saturated carbocycles. The monoisotopic (exact) mass is 435 g/mol. The summed E-state index contributed by atoms with van der Waals surface area (Å²) in [4.78, 5) is 26.8. The lowest BCUT2D eigenvalue weighted by molar-refractivity contribution is -0.123. The van der Waals surface area contributed by atoms with Crippen LogP contribution in [0.25, 0.3) is 17.4 Å². The maximum atomic E-state index is 12.7. The lowest BCUT2D eigenvalue weighted by Gasteiger charge is -2.25. The van der Waals surface area contributed by atoms with Crippen LogP contribution in [0.5, 0.6) is 0 Å². The largest absolute Gasteiger partial charge is 0.457 e. The minimum Gasteiger partial charge on any atom is -0.457 e. The van der Waals surface area contributed by atoms with E-state index in [1.165, 1.54) is 24.2 Å². The summed E-state index contributed by atoms with van der Waals surface area (Å²) in [6.45, 7) is 0.517. The average molecular weight is 436 g/mol. The van der Waals surface area contributed by atoms with E-state index in [1.807, 2.05) is 0 Å². The molecule has 2 heterocycles. The smallest absolute Gasteiger partial charge is 0.293 e. The van der Waals surface area contributed by atoms with Crippen molar-refractivity contribution >= 4 is 52.2 Å². The van der Waals surface area contributed by atoms with Crippen LogP contribution in [0, 0.1) is 5.92 Å². The van der Waals surface area contributed by atoms with Crippen LogP contribution in [0.4, 0.5) is 4.79 Å². The molecule has 1 aromatic heterocycles. The van der Waals surface area contributed by atoms with E-state index in [2.05, 4.69) is 0 Å². The van der Waals surface area contributed by atoms with Crippen LogP contribution in [-0.2, 0) is 4.79 Å². The van der Waals surface area contributed by atoms with Gasteiger partial charge in [0.05, 0.1) is 9.93 Å². The van der Waals surface area contributed by atoms with Crippen molar-refractivity contribution in [3.05, 3.63) is 51.0 Å². The van der Waals surface area contributed by atoms with Gasteiger partial charge in [0.25, 0.3) is 11.1 Å². The fraction of sp³-hybridized carbons (Fsp3) is 0.333.